The molecule has 0 heterocycles. The summed E-state index contributed by atoms with van der Waals surface area (Å²) in [4.78, 5) is 13.3. The summed E-state index contributed by atoms with van der Waals surface area (Å²) in [6, 6.07) is 0.229. The molecule has 0 aromatic rings. The average molecular weight is 170 g/mol. The predicted octanol–water partition coefficient (Wildman–Crippen LogP) is 0.976. The minimum Gasteiger partial charge on any atom is -0.384 e. The van der Waals surface area contributed by atoms with Crippen molar-refractivity contribution >= 4 is 5.91 Å². The maximum Gasteiger partial charge on any atom is 0.269 e. The SMILES string of the molecule is C=C(NC)C(=O)N(CC)C(C)C. The lowest BCUT2D eigenvalue weighted by Crippen LogP contribution is -2.39. The van der Waals surface area contributed by atoms with Gasteiger partial charge in [-0.15, -0.1) is 0 Å². The van der Waals surface area contributed by atoms with Crippen LogP contribution in [0.1, 0.15) is 20.8 Å². The molecule has 0 aliphatic carbocycles. The molecule has 0 radical (unpaired) electrons. The maximum atomic E-state index is 11.5. The van der Waals surface area contributed by atoms with Crippen LogP contribution in [-0.4, -0.2) is 30.4 Å². The van der Waals surface area contributed by atoms with Crippen molar-refractivity contribution in [1.29, 1.82) is 0 Å². The molecule has 0 bridgehead atoms. The Morgan fingerprint density at radius 3 is 2.33 bits per heavy atom. The van der Waals surface area contributed by atoms with Crippen molar-refractivity contribution in [1.82, 2.24) is 10.2 Å². The molecular formula is C9H18N2O. The van der Waals surface area contributed by atoms with Gasteiger partial charge < -0.3 is 10.2 Å². The van der Waals surface area contributed by atoms with Crippen LogP contribution in [0.3, 0.4) is 0 Å². The van der Waals surface area contributed by atoms with E-state index in [4.69, 9.17) is 0 Å². The summed E-state index contributed by atoms with van der Waals surface area (Å²) in [6.07, 6.45) is 0. The zero-order valence-electron chi connectivity index (χ0n) is 8.35. The van der Waals surface area contributed by atoms with Crippen LogP contribution in [-0.2, 0) is 4.79 Å². The molecule has 0 aliphatic heterocycles. The van der Waals surface area contributed by atoms with Crippen molar-refractivity contribution < 1.29 is 4.79 Å². The van der Waals surface area contributed by atoms with Crippen LogP contribution >= 0.6 is 0 Å². The lowest BCUT2D eigenvalue weighted by molar-refractivity contribution is -0.128. The van der Waals surface area contributed by atoms with Crippen molar-refractivity contribution in [2.75, 3.05) is 13.6 Å². The van der Waals surface area contributed by atoms with Gasteiger partial charge in [0.25, 0.3) is 5.91 Å². The summed E-state index contributed by atoms with van der Waals surface area (Å²) in [6.45, 7) is 10.3. The van der Waals surface area contributed by atoms with Gasteiger partial charge in [-0.3, -0.25) is 4.79 Å². The summed E-state index contributed by atoms with van der Waals surface area (Å²) in [5.41, 5.74) is 0.450. The molecular weight excluding hydrogens is 152 g/mol. The quantitative estimate of drug-likeness (QED) is 0.638. The smallest absolute Gasteiger partial charge is 0.269 e. The molecule has 0 fully saturated rings. The molecule has 0 aromatic heterocycles. The second-order valence-electron chi connectivity index (χ2n) is 2.91. The van der Waals surface area contributed by atoms with Gasteiger partial charge in [-0.05, 0) is 20.8 Å². The van der Waals surface area contributed by atoms with Crippen LogP contribution < -0.4 is 5.32 Å². The second-order valence-corrected chi connectivity index (χ2v) is 2.91. The summed E-state index contributed by atoms with van der Waals surface area (Å²) < 4.78 is 0. The van der Waals surface area contributed by atoms with Gasteiger partial charge in [0.2, 0.25) is 0 Å². The monoisotopic (exact) mass is 170 g/mol. The van der Waals surface area contributed by atoms with Gasteiger partial charge in [-0.2, -0.15) is 0 Å². The van der Waals surface area contributed by atoms with E-state index in [0.29, 0.717) is 5.70 Å². The summed E-state index contributed by atoms with van der Waals surface area (Å²) in [5.74, 6) is -0.0185. The Balaban J connectivity index is 4.32. The minimum atomic E-state index is -0.0185. The van der Waals surface area contributed by atoms with Gasteiger partial charge in [0.05, 0.1) is 5.70 Å². The molecule has 0 aliphatic rings. The molecule has 0 unspecified atom stereocenters. The van der Waals surface area contributed by atoms with Crippen molar-refractivity contribution in [3.63, 3.8) is 0 Å². The van der Waals surface area contributed by atoms with E-state index in [1.54, 1.807) is 11.9 Å². The van der Waals surface area contributed by atoms with E-state index >= 15 is 0 Å². The Morgan fingerprint density at radius 1 is 1.58 bits per heavy atom. The molecule has 1 amide bonds. The number of rotatable bonds is 4. The Kier molecular flexibility index (Phi) is 4.40. The number of carbonyl (C=O) groups is 1. The highest BCUT2D eigenvalue weighted by Gasteiger charge is 2.16. The lowest BCUT2D eigenvalue weighted by Gasteiger charge is -2.25. The van der Waals surface area contributed by atoms with Gasteiger partial charge in [-0.25, -0.2) is 0 Å². The average Bonchev–Trinajstić information content (AvgIpc) is 2.03. The number of likely N-dealkylation sites (N-methyl/N-ethyl adjacent to an activating group) is 2. The van der Waals surface area contributed by atoms with Crippen molar-refractivity contribution in [2.24, 2.45) is 0 Å². The first-order chi connectivity index (χ1) is 5.54. The number of hydrogen-bond donors (Lipinski definition) is 1. The zero-order chi connectivity index (χ0) is 9.72. The van der Waals surface area contributed by atoms with E-state index in [1.807, 2.05) is 20.8 Å². The normalized spacial score (nSPS) is 9.75. The standard InChI is InChI=1S/C9H18N2O/c1-6-11(7(2)3)9(12)8(4)10-5/h7,10H,4,6H2,1-3,5H3. The zero-order valence-corrected chi connectivity index (χ0v) is 8.35. The van der Waals surface area contributed by atoms with E-state index in [1.165, 1.54) is 0 Å². The highest BCUT2D eigenvalue weighted by molar-refractivity contribution is 5.92. The van der Waals surface area contributed by atoms with Crippen LogP contribution in [0, 0.1) is 0 Å². The Bertz CT molecular complexity index is 175. The first-order valence-electron chi connectivity index (χ1n) is 4.22. The molecule has 70 valence electrons. The number of nitrogens with one attached hydrogen (secondary N) is 1. The first-order valence-corrected chi connectivity index (χ1v) is 4.22. The second kappa shape index (κ2) is 4.80. The Hall–Kier alpha value is -0.990. The van der Waals surface area contributed by atoms with E-state index in [0.717, 1.165) is 6.54 Å². The number of hydrogen-bond acceptors (Lipinski definition) is 2. The van der Waals surface area contributed by atoms with Gasteiger partial charge in [0.15, 0.2) is 0 Å². The molecule has 1 N–H and O–H groups in total. The minimum absolute atomic E-state index is 0.0185. The van der Waals surface area contributed by atoms with Crippen LogP contribution in [0.25, 0.3) is 0 Å². The molecule has 0 atom stereocenters. The first kappa shape index (κ1) is 11.0. The topological polar surface area (TPSA) is 32.3 Å². The third-order valence-electron chi connectivity index (χ3n) is 1.78. The van der Waals surface area contributed by atoms with Crippen molar-refractivity contribution in [3.8, 4) is 0 Å². The predicted molar refractivity (Wildman–Crippen MR) is 50.7 cm³/mol. The van der Waals surface area contributed by atoms with Gasteiger partial charge >= 0.3 is 0 Å². The highest BCUT2D eigenvalue weighted by atomic mass is 16.2. The summed E-state index contributed by atoms with van der Waals surface area (Å²) in [7, 11) is 1.70. The molecule has 0 aromatic carbocycles. The van der Waals surface area contributed by atoms with E-state index in [2.05, 4.69) is 11.9 Å². The van der Waals surface area contributed by atoms with E-state index < -0.39 is 0 Å². The maximum absolute atomic E-state index is 11.5. The third-order valence-corrected chi connectivity index (χ3v) is 1.78. The van der Waals surface area contributed by atoms with E-state index in [-0.39, 0.29) is 11.9 Å². The van der Waals surface area contributed by atoms with Crippen LogP contribution in [0.4, 0.5) is 0 Å². The van der Waals surface area contributed by atoms with Crippen molar-refractivity contribution in [3.05, 3.63) is 12.3 Å². The Labute approximate surface area is 74.4 Å². The fourth-order valence-corrected chi connectivity index (χ4v) is 1.02. The third kappa shape index (κ3) is 2.57. The van der Waals surface area contributed by atoms with Crippen LogP contribution in [0.2, 0.25) is 0 Å². The number of carbonyl (C=O) groups excluding carboxylic acids is 1. The molecule has 0 saturated carbocycles. The Morgan fingerprint density at radius 2 is 2.08 bits per heavy atom. The van der Waals surface area contributed by atoms with Gasteiger partial charge in [0, 0.05) is 19.6 Å². The van der Waals surface area contributed by atoms with Crippen molar-refractivity contribution in [2.45, 2.75) is 26.8 Å². The molecule has 3 heteroatoms. The molecule has 0 saturated heterocycles. The number of nitrogens with zero attached hydrogens (tertiary/aromatic N) is 1. The molecule has 12 heavy (non-hydrogen) atoms. The molecule has 0 spiro atoms. The fourth-order valence-electron chi connectivity index (χ4n) is 1.02. The largest absolute Gasteiger partial charge is 0.384 e. The van der Waals surface area contributed by atoms with E-state index in [9.17, 15) is 4.79 Å². The van der Waals surface area contributed by atoms with Crippen LogP contribution in [0.15, 0.2) is 12.3 Å². The fraction of sp³-hybridized carbons (Fsp3) is 0.667. The lowest BCUT2D eigenvalue weighted by atomic mass is 10.3. The number of amides is 1. The van der Waals surface area contributed by atoms with Gasteiger partial charge in [-0.1, -0.05) is 6.58 Å². The highest BCUT2D eigenvalue weighted by Crippen LogP contribution is 2.01. The molecule has 0 rings (SSSR count). The summed E-state index contributed by atoms with van der Waals surface area (Å²) in [5, 5.41) is 2.75. The van der Waals surface area contributed by atoms with Crippen LogP contribution in [0.5, 0.6) is 0 Å². The van der Waals surface area contributed by atoms with Gasteiger partial charge in [0.1, 0.15) is 0 Å². The summed E-state index contributed by atoms with van der Waals surface area (Å²) >= 11 is 0. The molecule has 3 nitrogen and oxygen atoms in total.